The molecule has 1 N–H and O–H groups in total. The summed E-state index contributed by atoms with van der Waals surface area (Å²) in [5, 5.41) is 10.6. The minimum Gasteiger partial charge on any atom is -0.507 e. The Morgan fingerprint density at radius 2 is 1.90 bits per heavy atom. The van der Waals surface area contributed by atoms with Crippen molar-refractivity contribution in [1.82, 2.24) is 0 Å². The van der Waals surface area contributed by atoms with Crippen LogP contribution in [0.3, 0.4) is 0 Å². The van der Waals surface area contributed by atoms with E-state index in [1.807, 2.05) is 31.2 Å². The Bertz CT molecular complexity index is 648. The van der Waals surface area contributed by atoms with E-state index < -0.39 is 5.97 Å². The number of hydrogen-bond donors (Lipinski definition) is 1. The average Bonchev–Trinajstić information content (AvgIpc) is 2.44. The molecule has 110 valence electrons. The SMILES string of the molecule is CCOC(=O)c1cc(Cc2ccc(Cl)cc2)c(C)cc1O. The summed E-state index contributed by atoms with van der Waals surface area (Å²) < 4.78 is 4.95. The number of aryl methyl sites for hydroxylation is 1. The van der Waals surface area contributed by atoms with Crippen molar-refractivity contribution in [3.63, 3.8) is 0 Å². The minimum atomic E-state index is -0.507. The molecule has 0 aromatic heterocycles. The summed E-state index contributed by atoms with van der Waals surface area (Å²) in [5.41, 5.74) is 3.18. The number of hydrogen-bond acceptors (Lipinski definition) is 3. The van der Waals surface area contributed by atoms with E-state index in [0.29, 0.717) is 11.4 Å². The molecule has 0 amide bonds. The maximum atomic E-state index is 11.8. The number of benzene rings is 2. The Labute approximate surface area is 129 Å². The maximum absolute atomic E-state index is 11.8. The molecule has 0 atom stereocenters. The molecule has 0 saturated carbocycles. The van der Waals surface area contributed by atoms with Crippen LogP contribution in [-0.4, -0.2) is 17.7 Å². The van der Waals surface area contributed by atoms with Crippen molar-refractivity contribution in [2.45, 2.75) is 20.3 Å². The van der Waals surface area contributed by atoms with Crippen molar-refractivity contribution < 1.29 is 14.6 Å². The van der Waals surface area contributed by atoms with Crippen LogP contribution in [0.5, 0.6) is 5.75 Å². The zero-order valence-electron chi connectivity index (χ0n) is 12.0. The summed E-state index contributed by atoms with van der Waals surface area (Å²) in [4.78, 5) is 11.8. The lowest BCUT2D eigenvalue weighted by Gasteiger charge is -2.11. The van der Waals surface area contributed by atoms with Gasteiger partial charge in [0.25, 0.3) is 0 Å². The Balaban J connectivity index is 2.32. The van der Waals surface area contributed by atoms with Gasteiger partial charge in [0.1, 0.15) is 11.3 Å². The van der Waals surface area contributed by atoms with Gasteiger partial charge in [0.2, 0.25) is 0 Å². The summed E-state index contributed by atoms with van der Waals surface area (Å²) in [5.74, 6) is -0.557. The summed E-state index contributed by atoms with van der Waals surface area (Å²) >= 11 is 5.87. The number of phenols is 1. The zero-order valence-corrected chi connectivity index (χ0v) is 12.8. The molecule has 0 saturated heterocycles. The first-order valence-electron chi connectivity index (χ1n) is 6.75. The molecular weight excluding hydrogens is 288 g/mol. The second kappa shape index (κ2) is 6.64. The van der Waals surface area contributed by atoms with Gasteiger partial charge in [0.15, 0.2) is 0 Å². The van der Waals surface area contributed by atoms with Crippen LogP contribution in [-0.2, 0) is 11.2 Å². The quantitative estimate of drug-likeness (QED) is 0.864. The van der Waals surface area contributed by atoms with Crippen LogP contribution in [0.4, 0.5) is 0 Å². The van der Waals surface area contributed by atoms with Crippen molar-refractivity contribution in [2.24, 2.45) is 0 Å². The Morgan fingerprint density at radius 1 is 1.24 bits per heavy atom. The normalized spacial score (nSPS) is 10.4. The monoisotopic (exact) mass is 304 g/mol. The number of phenolic OH excluding ortho intramolecular Hbond substituents is 1. The van der Waals surface area contributed by atoms with Crippen LogP contribution in [0, 0.1) is 6.92 Å². The smallest absolute Gasteiger partial charge is 0.341 e. The van der Waals surface area contributed by atoms with E-state index in [-0.39, 0.29) is 17.9 Å². The van der Waals surface area contributed by atoms with E-state index >= 15 is 0 Å². The van der Waals surface area contributed by atoms with Crippen LogP contribution in [0.15, 0.2) is 36.4 Å². The average molecular weight is 305 g/mol. The highest BCUT2D eigenvalue weighted by Gasteiger charge is 2.15. The minimum absolute atomic E-state index is 0.0502. The first-order valence-corrected chi connectivity index (χ1v) is 7.13. The van der Waals surface area contributed by atoms with Crippen LogP contribution >= 0.6 is 11.6 Å². The van der Waals surface area contributed by atoms with Gasteiger partial charge in [-0.1, -0.05) is 23.7 Å². The number of carbonyl (C=O) groups excluding carboxylic acids is 1. The summed E-state index contributed by atoms with van der Waals surface area (Å²) in [6, 6.07) is 10.8. The fraction of sp³-hybridized carbons (Fsp3) is 0.235. The van der Waals surface area contributed by atoms with Crippen LogP contribution in [0.25, 0.3) is 0 Å². The van der Waals surface area contributed by atoms with Crippen LogP contribution in [0.1, 0.15) is 34.0 Å². The Kier molecular flexibility index (Phi) is 4.86. The number of esters is 1. The molecule has 0 spiro atoms. The van der Waals surface area contributed by atoms with Gasteiger partial charge in [-0.3, -0.25) is 0 Å². The van der Waals surface area contributed by atoms with Crippen LogP contribution < -0.4 is 0 Å². The number of carbonyl (C=O) groups is 1. The number of ether oxygens (including phenoxy) is 1. The molecule has 0 heterocycles. The second-order valence-electron chi connectivity index (χ2n) is 4.82. The molecular formula is C17H17ClO3. The van der Waals surface area contributed by atoms with Crippen molar-refractivity contribution in [3.8, 4) is 5.75 Å². The van der Waals surface area contributed by atoms with E-state index in [9.17, 15) is 9.90 Å². The van der Waals surface area contributed by atoms with Gasteiger partial charge >= 0.3 is 5.97 Å². The molecule has 2 aromatic rings. The number of halogens is 1. The van der Waals surface area contributed by atoms with E-state index in [0.717, 1.165) is 16.7 Å². The predicted octanol–water partition coefficient (Wildman–Crippen LogP) is 4.12. The zero-order chi connectivity index (χ0) is 15.4. The molecule has 21 heavy (non-hydrogen) atoms. The topological polar surface area (TPSA) is 46.5 Å². The van der Waals surface area contributed by atoms with Crippen LogP contribution in [0.2, 0.25) is 5.02 Å². The Morgan fingerprint density at radius 3 is 2.52 bits per heavy atom. The van der Waals surface area contributed by atoms with Crippen molar-refractivity contribution in [2.75, 3.05) is 6.61 Å². The maximum Gasteiger partial charge on any atom is 0.341 e. The highest BCUT2D eigenvalue weighted by molar-refractivity contribution is 6.30. The first kappa shape index (κ1) is 15.4. The fourth-order valence-corrected chi connectivity index (χ4v) is 2.25. The lowest BCUT2D eigenvalue weighted by molar-refractivity contribution is 0.0523. The van der Waals surface area contributed by atoms with Gasteiger partial charge in [0, 0.05) is 5.02 Å². The van der Waals surface area contributed by atoms with Gasteiger partial charge in [-0.05, 0) is 61.2 Å². The second-order valence-corrected chi connectivity index (χ2v) is 5.26. The molecule has 0 aliphatic heterocycles. The highest BCUT2D eigenvalue weighted by Crippen LogP contribution is 2.25. The lowest BCUT2D eigenvalue weighted by Crippen LogP contribution is -2.06. The molecule has 0 bridgehead atoms. The molecule has 2 rings (SSSR count). The summed E-state index contributed by atoms with van der Waals surface area (Å²) in [7, 11) is 0. The largest absolute Gasteiger partial charge is 0.507 e. The van der Waals surface area contributed by atoms with E-state index in [1.54, 1.807) is 19.1 Å². The first-order chi connectivity index (χ1) is 10.0. The molecule has 0 aliphatic carbocycles. The van der Waals surface area contributed by atoms with E-state index in [1.165, 1.54) is 0 Å². The molecule has 4 heteroatoms. The standard InChI is InChI=1S/C17H17ClO3/c1-3-21-17(20)15-10-13(11(2)8-16(15)19)9-12-4-6-14(18)7-5-12/h4-8,10,19H,3,9H2,1-2H3. The number of rotatable bonds is 4. The predicted molar refractivity (Wildman–Crippen MR) is 83.1 cm³/mol. The van der Waals surface area contributed by atoms with Gasteiger partial charge < -0.3 is 9.84 Å². The molecule has 0 radical (unpaired) electrons. The van der Waals surface area contributed by atoms with E-state index in [4.69, 9.17) is 16.3 Å². The van der Waals surface area contributed by atoms with Crippen molar-refractivity contribution >= 4 is 17.6 Å². The molecule has 0 fully saturated rings. The highest BCUT2D eigenvalue weighted by atomic mass is 35.5. The third kappa shape index (κ3) is 3.76. The molecule has 2 aromatic carbocycles. The number of aromatic hydroxyl groups is 1. The Hall–Kier alpha value is -2.00. The molecule has 0 aliphatic rings. The van der Waals surface area contributed by atoms with E-state index in [2.05, 4.69) is 0 Å². The summed E-state index contributed by atoms with van der Waals surface area (Å²) in [6.07, 6.45) is 0.662. The summed E-state index contributed by atoms with van der Waals surface area (Å²) in [6.45, 7) is 3.91. The molecule has 0 unspecified atom stereocenters. The van der Waals surface area contributed by atoms with Gasteiger partial charge in [0.05, 0.1) is 6.61 Å². The van der Waals surface area contributed by atoms with Crippen molar-refractivity contribution in [1.29, 1.82) is 0 Å². The van der Waals surface area contributed by atoms with Crippen molar-refractivity contribution in [3.05, 3.63) is 63.7 Å². The van der Waals surface area contributed by atoms with Gasteiger partial charge in [-0.2, -0.15) is 0 Å². The third-order valence-corrected chi connectivity index (χ3v) is 3.51. The third-order valence-electron chi connectivity index (χ3n) is 3.26. The van der Waals surface area contributed by atoms with Gasteiger partial charge in [-0.25, -0.2) is 4.79 Å². The molecule has 3 nitrogen and oxygen atoms in total. The lowest BCUT2D eigenvalue weighted by atomic mass is 9.97. The van der Waals surface area contributed by atoms with Gasteiger partial charge in [-0.15, -0.1) is 0 Å². The fourth-order valence-electron chi connectivity index (χ4n) is 2.12.